The highest BCUT2D eigenvalue weighted by molar-refractivity contribution is 6.09. The predicted molar refractivity (Wildman–Crippen MR) is 117 cm³/mol. The molecule has 3 heterocycles. The molecule has 5 rings (SSSR count). The first-order chi connectivity index (χ1) is 15.1. The van der Waals surface area contributed by atoms with Crippen molar-refractivity contribution >= 4 is 34.0 Å². The quantitative estimate of drug-likeness (QED) is 0.487. The lowest BCUT2D eigenvalue weighted by atomic mass is 10.1. The van der Waals surface area contributed by atoms with Gasteiger partial charge in [-0.15, -0.1) is 0 Å². The van der Waals surface area contributed by atoms with E-state index in [1.54, 1.807) is 10.6 Å². The molecule has 2 aromatic heterocycles. The number of anilines is 1. The van der Waals surface area contributed by atoms with E-state index in [9.17, 15) is 4.79 Å². The smallest absolute Gasteiger partial charge is 0.344 e. The Morgan fingerprint density at radius 1 is 1.16 bits per heavy atom. The fourth-order valence-corrected chi connectivity index (χ4v) is 3.56. The fraction of sp³-hybridized carbons (Fsp3) is 0.261. The van der Waals surface area contributed by atoms with Crippen LogP contribution in [0.4, 0.5) is 5.82 Å². The predicted octanol–water partition coefficient (Wildman–Crippen LogP) is 4.09. The molecule has 0 fully saturated rings. The summed E-state index contributed by atoms with van der Waals surface area (Å²) in [6.07, 6.45) is 0.909. The average molecular weight is 418 g/mol. The van der Waals surface area contributed by atoms with Crippen LogP contribution in [0, 0.1) is 5.92 Å². The Kier molecular flexibility index (Phi) is 4.62. The third-order valence-corrected chi connectivity index (χ3v) is 5.51. The van der Waals surface area contributed by atoms with Gasteiger partial charge in [0.05, 0.1) is 23.3 Å². The van der Waals surface area contributed by atoms with E-state index >= 15 is 0 Å². The van der Waals surface area contributed by atoms with Crippen molar-refractivity contribution in [1.29, 1.82) is 0 Å². The monoisotopic (exact) mass is 418 g/mol. The molecule has 1 aliphatic rings. The number of nitrogens with two attached hydrogens (primary N) is 1. The van der Waals surface area contributed by atoms with Crippen molar-refractivity contribution in [1.82, 2.24) is 14.5 Å². The lowest BCUT2D eigenvalue weighted by Gasteiger charge is -2.10. The van der Waals surface area contributed by atoms with Gasteiger partial charge in [0.2, 0.25) is 6.79 Å². The summed E-state index contributed by atoms with van der Waals surface area (Å²) in [6.45, 7) is 4.56. The molecule has 0 saturated heterocycles. The number of hydrogen-bond acceptors (Lipinski definition) is 7. The van der Waals surface area contributed by atoms with E-state index in [4.69, 9.17) is 29.9 Å². The van der Waals surface area contributed by atoms with Crippen LogP contribution in [-0.4, -0.2) is 33.9 Å². The normalized spacial score (nSPS) is 13.6. The summed E-state index contributed by atoms with van der Waals surface area (Å²) in [5, 5.41) is 0. The van der Waals surface area contributed by atoms with E-state index in [1.165, 1.54) is 0 Å². The number of carbonyl (C=O) groups excluding carboxylic acids is 1. The van der Waals surface area contributed by atoms with Crippen molar-refractivity contribution in [2.24, 2.45) is 5.92 Å². The molecular weight excluding hydrogens is 396 g/mol. The first-order valence-corrected chi connectivity index (χ1v) is 10.2. The highest BCUT2D eigenvalue weighted by atomic mass is 16.7. The highest BCUT2D eigenvalue weighted by Gasteiger charge is 2.27. The van der Waals surface area contributed by atoms with Gasteiger partial charge in [-0.2, -0.15) is 0 Å². The summed E-state index contributed by atoms with van der Waals surface area (Å²) in [5.41, 5.74) is 9.68. The van der Waals surface area contributed by atoms with Crippen molar-refractivity contribution < 1.29 is 19.0 Å². The lowest BCUT2D eigenvalue weighted by Crippen LogP contribution is -2.13. The number of para-hydroxylation sites is 2. The molecule has 8 nitrogen and oxygen atoms in total. The summed E-state index contributed by atoms with van der Waals surface area (Å²) in [6, 6.07) is 12.9. The lowest BCUT2D eigenvalue weighted by molar-refractivity contribution is 0.0450. The summed E-state index contributed by atoms with van der Waals surface area (Å²) >= 11 is 0. The number of rotatable bonds is 5. The maximum Gasteiger partial charge on any atom is 0.344 e. The number of nitrogen functional groups attached to an aromatic ring is 1. The van der Waals surface area contributed by atoms with E-state index in [0.29, 0.717) is 46.0 Å². The second-order valence-electron chi connectivity index (χ2n) is 7.63. The highest BCUT2D eigenvalue weighted by Crippen LogP contribution is 2.37. The van der Waals surface area contributed by atoms with Crippen LogP contribution in [0.1, 0.15) is 30.6 Å². The Labute approximate surface area is 178 Å². The van der Waals surface area contributed by atoms with E-state index < -0.39 is 5.97 Å². The zero-order valence-electron chi connectivity index (χ0n) is 17.3. The van der Waals surface area contributed by atoms with Crippen LogP contribution >= 0.6 is 0 Å². The van der Waals surface area contributed by atoms with Crippen molar-refractivity contribution in [2.45, 2.75) is 20.3 Å². The van der Waals surface area contributed by atoms with Crippen molar-refractivity contribution in [2.75, 3.05) is 19.1 Å². The summed E-state index contributed by atoms with van der Waals surface area (Å²) in [7, 11) is 0. The minimum Gasteiger partial charge on any atom is -0.462 e. The van der Waals surface area contributed by atoms with Gasteiger partial charge in [0.15, 0.2) is 17.1 Å². The first-order valence-electron chi connectivity index (χ1n) is 10.2. The van der Waals surface area contributed by atoms with Gasteiger partial charge in [-0.25, -0.2) is 14.8 Å². The van der Waals surface area contributed by atoms with Crippen LogP contribution < -0.4 is 15.2 Å². The minimum absolute atomic E-state index is 0.165. The molecule has 158 valence electrons. The van der Waals surface area contributed by atoms with Crippen molar-refractivity contribution in [3.05, 3.63) is 48.0 Å². The summed E-state index contributed by atoms with van der Waals surface area (Å²) < 4.78 is 18.2. The fourth-order valence-electron chi connectivity index (χ4n) is 3.56. The van der Waals surface area contributed by atoms with Gasteiger partial charge in [0.25, 0.3) is 0 Å². The topological polar surface area (TPSA) is 101 Å². The molecule has 2 aromatic carbocycles. The Hall–Kier alpha value is -3.81. The van der Waals surface area contributed by atoms with E-state index in [1.807, 2.05) is 43.3 Å². The van der Waals surface area contributed by atoms with Gasteiger partial charge in [0.1, 0.15) is 16.9 Å². The van der Waals surface area contributed by atoms with Gasteiger partial charge in [-0.1, -0.05) is 32.4 Å². The standard InChI is InChI=1S/C23H22N4O4/c1-3-13(2)11-29-23(28)19-20-22(26-16-7-5-4-6-15(16)25-20)27(21(19)24)14-8-9-17-18(10-14)31-12-30-17/h4-10,13H,3,11-12,24H2,1-2H3. The van der Waals surface area contributed by atoms with Gasteiger partial charge >= 0.3 is 5.97 Å². The van der Waals surface area contributed by atoms with Crippen LogP contribution in [0.25, 0.3) is 27.9 Å². The zero-order chi connectivity index (χ0) is 21.5. The number of nitrogens with zero attached hydrogens (tertiary/aromatic N) is 3. The molecule has 0 bridgehead atoms. The average Bonchev–Trinajstić information content (AvgIpc) is 3.36. The Balaban J connectivity index is 1.72. The second kappa shape index (κ2) is 7.46. The van der Waals surface area contributed by atoms with Crippen LogP contribution in [0.15, 0.2) is 42.5 Å². The van der Waals surface area contributed by atoms with Crippen LogP contribution in [-0.2, 0) is 4.74 Å². The largest absolute Gasteiger partial charge is 0.462 e. The molecule has 1 atom stereocenters. The third-order valence-electron chi connectivity index (χ3n) is 5.51. The van der Waals surface area contributed by atoms with Gasteiger partial charge in [-0.3, -0.25) is 4.57 Å². The van der Waals surface area contributed by atoms with Gasteiger partial charge in [-0.05, 0) is 30.2 Å². The maximum atomic E-state index is 13.0. The summed E-state index contributed by atoms with van der Waals surface area (Å²) in [5.74, 6) is 1.22. The number of benzene rings is 2. The van der Waals surface area contributed by atoms with E-state index in [-0.39, 0.29) is 24.1 Å². The van der Waals surface area contributed by atoms with Crippen molar-refractivity contribution in [3.63, 3.8) is 0 Å². The second-order valence-corrected chi connectivity index (χ2v) is 7.63. The molecular formula is C23H22N4O4. The molecule has 0 radical (unpaired) electrons. The Morgan fingerprint density at radius 3 is 2.68 bits per heavy atom. The number of carbonyl (C=O) groups is 1. The van der Waals surface area contributed by atoms with Crippen molar-refractivity contribution in [3.8, 4) is 17.2 Å². The molecule has 0 amide bonds. The SMILES string of the molecule is CCC(C)COC(=O)c1c(N)n(-c2ccc3c(c2)OCO3)c2nc3ccccc3nc12. The molecule has 31 heavy (non-hydrogen) atoms. The van der Waals surface area contributed by atoms with Crippen LogP contribution in [0.5, 0.6) is 11.5 Å². The molecule has 0 aliphatic carbocycles. The maximum absolute atomic E-state index is 13.0. The molecule has 1 aliphatic heterocycles. The van der Waals surface area contributed by atoms with Gasteiger partial charge < -0.3 is 19.9 Å². The third kappa shape index (κ3) is 3.20. The molecule has 1 unspecified atom stereocenters. The summed E-state index contributed by atoms with van der Waals surface area (Å²) in [4.78, 5) is 22.5. The van der Waals surface area contributed by atoms with E-state index in [2.05, 4.69) is 6.92 Å². The minimum atomic E-state index is -0.508. The zero-order valence-corrected chi connectivity index (χ0v) is 17.3. The number of hydrogen-bond donors (Lipinski definition) is 1. The van der Waals surface area contributed by atoms with Gasteiger partial charge in [0, 0.05) is 6.07 Å². The molecule has 4 aromatic rings. The number of esters is 1. The van der Waals surface area contributed by atoms with Crippen LogP contribution in [0.2, 0.25) is 0 Å². The van der Waals surface area contributed by atoms with E-state index in [0.717, 1.165) is 6.42 Å². The number of ether oxygens (including phenoxy) is 3. The molecule has 8 heteroatoms. The number of aromatic nitrogens is 3. The Morgan fingerprint density at radius 2 is 1.90 bits per heavy atom. The Bertz CT molecular complexity index is 1310. The molecule has 2 N–H and O–H groups in total. The molecule has 0 spiro atoms. The van der Waals surface area contributed by atoms with Crippen LogP contribution in [0.3, 0.4) is 0 Å². The number of fused-ring (bicyclic) bond motifs is 3. The first kappa shape index (κ1) is 19.2. The molecule has 0 saturated carbocycles.